The minimum absolute atomic E-state index is 0.134. The zero-order chi connectivity index (χ0) is 12.4. The van der Waals surface area contributed by atoms with Crippen LogP contribution in [0.2, 0.25) is 0 Å². The first kappa shape index (κ1) is 12.3. The zero-order valence-electron chi connectivity index (χ0n) is 9.48. The van der Waals surface area contributed by atoms with E-state index >= 15 is 0 Å². The van der Waals surface area contributed by atoms with Gasteiger partial charge in [-0.2, -0.15) is 0 Å². The van der Waals surface area contributed by atoms with Gasteiger partial charge in [0.15, 0.2) is 5.13 Å². The van der Waals surface area contributed by atoms with Crippen molar-refractivity contribution in [1.29, 1.82) is 0 Å². The van der Waals surface area contributed by atoms with Gasteiger partial charge >= 0.3 is 0 Å². The van der Waals surface area contributed by atoms with Crippen LogP contribution in [0.1, 0.15) is 30.4 Å². The van der Waals surface area contributed by atoms with Crippen LogP contribution in [0.25, 0.3) is 0 Å². The standard InChI is InChI=1S/C11H12BrN3OS/c1-7(2)15-5-3-4-8(15)10(16)14-11-13-6-9(12)17-11/h3-7H,1-2H3,(H,13,14,16). The van der Waals surface area contributed by atoms with Gasteiger partial charge in [0.05, 0.1) is 9.98 Å². The lowest BCUT2D eigenvalue weighted by Gasteiger charge is -2.11. The number of amides is 1. The van der Waals surface area contributed by atoms with Gasteiger partial charge in [0.1, 0.15) is 5.69 Å². The van der Waals surface area contributed by atoms with Crippen LogP contribution in [0.4, 0.5) is 5.13 Å². The maximum Gasteiger partial charge on any atom is 0.274 e. The summed E-state index contributed by atoms with van der Waals surface area (Å²) in [6.45, 7) is 4.08. The highest BCUT2D eigenvalue weighted by molar-refractivity contribution is 9.11. The van der Waals surface area contributed by atoms with Crippen molar-refractivity contribution in [2.45, 2.75) is 19.9 Å². The molecule has 1 N–H and O–H groups in total. The van der Waals surface area contributed by atoms with E-state index in [1.807, 2.05) is 30.7 Å². The number of aromatic nitrogens is 2. The molecule has 0 aromatic carbocycles. The fourth-order valence-corrected chi connectivity index (χ4v) is 2.61. The molecule has 0 atom stereocenters. The summed E-state index contributed by atoms with van der Waals surface area (Å²) < 4.78 is 2.82. The van der Waals surface area contributed by atoms with Gasteiger partial charge in [0, 0.05) is 12.2 Å². The van der Waals surface area contributed by atoms with E-state index in [-0.39, 0.29) is 11.9 Å². The summed E-state index contributed by atoms with van der Waals surface area (Å²) in [6.07, 6.45) is 3.57. The van der Waals surface area contributed by atoms with Crippen LogP contribution >= 0.6 is 27.3 Å². The fourth-order valence-electron chi connectivity index (χ4n) is 1.51. The summed E-state index contributed by atoms with van der Waals surface area (Å²) in [6, 6.07) is 3.93. The average molecular weight is 314 g/mol. The van der Waals surface area contributed by atoms with Gasteiger partial charge in [0.25, 0.3) is 5.91 Å². The Morgan fingerprint density at radius 1 is 1.59 bits per heavy atom. The lowest BCUT2D eigenvalue weighted by molar-refractivity contribution is 0.101. The van der Waals surface area contributed by atoms with Crippen molar-refractivity contribution in [2.24, 2.45) is 0 Å². The average Bonchev–Trinajstić information content (AvgIpc) is 2.86. The number of anilines is 1. The van der Waals surface area contributed by atoms with Gasteiger partial charge in [-0.15, -0.1) is 0 Å². The van der Waals surface area contributed by atoms with Crippen LogP contribution in [0, 0.1) is 0 Å². The number of thiazole rings is 1. The van der Waals surface area contributed by atoms with Gasteiger partial charge < -0.3 is 4.57 Å². The van der Waals surface area contributed by atoms with Crippen molar-refractivity contribution < 1.29 is 4.79 Å². The Kier molecular flexibility index (Phi) is 3.63. The van der Waals surface area contributed by atoms with Gasteiger partial charge in [-0.3, -0.25) is 10.1 Å². The molecular formula is C11H12BrN3OS. The van der Waals surface area contributed by atoms with Gasteiger partial charge in [0.2, 0.25) is 0 Å². The molecule has 4 nitrogen and oxygen atoms in total. The Morgan fingerprint density at radius 2 is 2.35 bits per heavy atom. The SMILES string of the molecule is CC(C)n1cccc1C(=O)Nc1ncc(Br)s1. The monoisotopic (exact) mass is 313 g/mol. The van der Waals surface area contributed by atoms with E-state index in [1.165, 1.54) is 11.3 Å². The number of hydrogen-bond donors (Lipinski definition) is 1. The topological polar surface area (TPSA) is 46.9 Å². The van der Waals surface area contributed by atoms with Gasteiger partial charge in [-0.1, -0.05) is 11.3 Å². The summed E-state index contributed by atoms with van der Waals surface area (Å²) >= 11 is 4.70. The first-order valence-corrected chi connectivity index (χ1v) is 6.78. The van der Waals surface area contributed by atoms with Crippen molar-refractivity contribution in [2.75, 3.05) is 5.32 Å². The van der Waals surface area contributed by atoms with Crippen LogP contribution in [-0.2, 0) is 0 Å². The van der Waals surface area contributed by atoms with Crippen LogP contribution in [-0.4, -0.2) is 15.5 Å². The third kappa shape index (κ3) is 2.76. The number of nitrogens with zero attached hydrogens (tertiary/aromatic N) is 2. The molecule has 0 spiro atoms. The fraction of sp³-hybridized carbons (Fsp3) is 0.273. The van der Waals surface area contributed by atoms with Crippen molar-refractivity contribution in [3.8, 4) is 0 Å². The zero-order valence-corrected chi connectivity index (χ0v) is 11.9. The minimum Gasteiger partial charge on any atom is -0.341 e. The molecule has 0 saturated heterocycles. The molecule has 0 fully saturated rings. The lowest BCUT2D eigenvalue weighted by Crippen LogP contribution is -2.17. The number of nitrogens with one attached hydrogen (secondary N) is 1. The molecule has 2 rings (SSSR count). The lowest BCUT2D eigenvalue weighted by atomic mass is 10.3. The molecule has 17 heavy (non-hydrogen) atoms. The Labute approximate surface area is 112 Å². The quantitative estimate of drug-likeness (QED) is 0.942. The normalized spacial score (nSPS) is 10.8. The smallest absolute Gasteiger partial charge is 0.274 e. The van der Waals surface area contributed by atoms with Crippen LogP contribution in [0.15, 0.2) is 28.3 Å². The van der Waals surface area contributed by atoms with Crippen molar-refractivity contribution >= 4 is 38.3 Å². The summed E-state index contributed by atoms with van der Waals surface area (Å²) in [4.78, 5) is 16.1. The summed E-state index contributed by atoms with van der Waals surface area (Å²) in [5.41, 5.74) is 0.645. The third-order valence-corrected chi connectivity index (χ3v) is 3.66. The molecule has 1 amide bonds. The molecule has 0 bridgehead atoms. The highest BCUT2D eigenvalue weighted by Gasteiger charge is 2.13. The van der Waals surface area contributed by atoms with E-state index < -0.39 is 0 Å². The number of carbonyl (C=O) groups is 1. The first-order valence-electron chi connectivity index (χ1n) is 5.17. The Balaban J connectivity index is 2.17. The van der Waals surface area contributed by atoms with E-state index in [1.54, 1.807) is 12.3 Å². The molecule has 0 aliphatic heterocycles. The maximum absolute atomic E-state index is 12.0. The molecule has 2 heterocycles. The molecule has 90 valence electrons. The second-order valence-electron chi connectivity index (χ2n) is 3.82. The van der Waals surface area contributed by atoms with Crippen molar-refractivity contribution in [1.82, 2.24) is 9.55 Å². The second-order valence-corrected chi connectivity index (χ2v) is 6.23. The van der Waals surface area contributed by atoms with E-state index in [4.69, 9.17) is 0 Å². The Hall–Kier alpha value is -1.14. The highest BCUT2D eigenvalue weighted by atomic mass is 79.9. The molecule has 0 radical (unpaired) electrons. The van der Waals surface area contributed by atoms with Crippen molar-refractivity contribution in [3.63, 3.8) is 0 Å². The third-order valence-electron chi connectivity index (χ3n) is 2.27. The molecule has 0 saturated carbocycles. The summed E-state index contributed by atoms with van der Waals surface area (Å²) in [5, 5.41) is 3.37. The highest BCUT2D eigenvalue weighted by Crippen LogP contribution is 2.23. The first-order chi connectivity index (χ1) is 8.08. The molecule has 0 aliphatic rings. The number of hydrogen-bond acceptors (Lipinski definition) is 3. The van der Waals surface area contributed by atoms with Crippen molar-refractivity contribution in [3.05, 3.63) is 34.0 Å². The molecule has 6 heteroatoms. The predicted octanol–water partition coefficient (Wildman–Crippen LogP) is 3.54. The largest absolute Gasteiger partial charge is 0.341 e. The summed E-state index contributed by atoms with van der Waals surface area (Å²) in [7, 11) is 0. The van der Waals surface area contributed by atoms with Gasteiger partial charge in [-0.05, 0) is 41.9 Å². The Bertz CT molecular complexity index is 532. The number of carbonyl (C=O) groups excluding carboxylic acids is 1. The molecular weight excluding hydrogens is 302 g/mol. The maximum atomic E-state index is 12.0. The Morgan fingerprint density at radius 3 is 2.94 bits per heavy atom. The molecule has 2 aromatic rings. The summed E-state index contributed by atoms with van der Waals surface area (Å²) in [5.74, 6) is -0.134. The molecule has 0 aliphatic carbocycles. The van der Waals surface area contributed by atoms with E-state index in [0.717, 1.165) is 3.79 Å². The van der Waals surface area contributed by atoms with E-state index in [9.17, 15) is 4.79 Å². The number of halogens is 1. The van der Waals surface area contributed by atoms with Crippen LogP contribution in [0.5, 0.6) is 0 Å². The van der Waals surface area contributed by atoms with Crippen LogP contribution in [0.3, 0.4) is 0 Å². The molecule has 2 aromatic heterocycles. The predicted molar refractivity (Wildman–Crippen MR) is 72.6 cm³/mol. The minimum atomic E-state index is -0.134. The van der Waals surface area contributed by atoms with Crippen LogP contribution < -0.4 is 5.32 Å². The van der Waals surface area contributed by atoms with Gasteiger partial charge in [-0.25, -0.2) is 4.98 Å². The molecule has 0 unspecified atom stereocenters. The second kappa shape index (κ2) is 5.01. The van der Waals surface area contributed by atoms with E-state index in [0.29, 0.717) is 10.8 Å². The van der Waals surface area contributed by atoms with E-state index in [2.05, 4.69) is 26.2 Å². The number of rotatable bonds is 3.